The Morgan fingerprint density at radius 2 is 1.83 bits per heavy atom. The van der Waals surface area contributed by atoms with Gasteiger partial charge in [0.15, 0.2) is 0 Å². The molecular weight excluding hydrogens is 456 g/mol. The van der Waals surface area contributed by atoms with E-state index in [1.165, 1.54) is 4.90 Å². The van der Waals surface area contributed by atoms with Crippen molar-refractivity contribution in [3.63, 3.8) is 0 Å². The molecule has 0 aromatic heterocycles. The fraction of sp³-hybridized carbons (Fsp3) is 0.435. The molecule has 0 unspecified atom stereocenters. The summed E-state index contributed by atoms with van der Waals surface area (Å²) in [6.45, 7) is 5.89. The van der Waals surface area contributed by atoms with Gasteiger partial charge in [0, 0.05) is 23.4 Å². The highest BCUT2D eigenvalue weighted by molar-refractivity contribution is 9.10. The summed E-state index contributed by atoms with van der Waals surface area (Å²) in [5.74, 6) is -2.05. The number of alkyl halides is 2. The number of rotatable bonds is 6. The van der Waals surface area contributed by atoms with Crippen molar-refractivity contribution in [3.8, 4) is 5.75 Å². The fourth-order valence-electron chi connectivity index (χ4n) is 3.18. The van der Waals surface area contributed by atoms with Gasteiger partial charge in [-0.1, -0.05) is 52.3 Å². The minimum atomic E-state index is -2.72. The zero-order chi connectivity index (χ0) is 21.9. The Morgan fingerprint density at radius 3 is 2.40 bits per heavy atom. The number of halogens is 3. The topological polar surface area (TPSA) is 38.8 Å². The van der Waals surface area contributed by atoms with E-state index in [1.54, 1.807) is 20.8 Å². The molecule has 0 atom stereocenters. The van der Waals surface area contributed by atoms with Crippen molar-refractivity contribution in [2.75, 3.05) is 0 Å². The molecule has 0 radical (unpaired) electrons. The van der Waals surface area contributed by atoms with Gasteiger partial charge in [-0.25, -0.2) is 13.6 Å². The largest absolute Gasteiger partial charge is 0.489 e. The Kier molecular flexibility index (Phi) is 6.70. The molecule has 3 rings (SSSR count). The number of hydrogen-bond acceptors (Lipinski definition) is 3. The number of amides is 1. The van der Waals surface area contributed by atoms with Crippen molar-refractivity contribution < 1.29 is 23.0 Å². The first-order chi connectivity index (χ1) is 14.0. The van der Waals surface area contributed by atoms with Crippen LogP contribution in [0.3, 0.4) is 0 Å². The van der Waals surface area contributed by atoms with Crippen LogP contribution < -0.4 is 4.74 Å². The molecule has 7 heteroatoms. The lowest BCUT2D eigenvalue weighted by Crippen LogP contribution is -2.53. The Labute approximate surface area is 184 Å². The van der Waals surface area contributed by atoms with Gasteiger partial charge in [-0.2, -0.15) is 0 Å². The lowest BCUT2D eigenvalue weighted by atomic mass is 9.87. The standard InChI is InChI=1S/C23H26BrF2NO3/c1-22(2,3)30-21(28)27(18-12-23(25,26)13-18)14-17-9-10-19(11-20(17)24)29-15-16-7-5-4-6-8-16/h4-11,18H,12-15H2,1-3H3. The summed E-state index contributed by atoms with van der Waals surface area (Å²) in [5, 5.41) is 0. The lowest BCUT2D eigenvalue weighted by Gasteiger charge is -2.42. The van der Waals surface area contributed by atoms with Crippen LogP contribution in [-0.4, -0.2) is 28.6 Å². The molecule has 2 aromatic carbocycles. The minimum Gasteiger partial charge on any atom is -0.489 e. The van der Waals surface area contributed by atoms with Gasteiger partial charge in [-0.3, -0.25) is 0 Å². The smallest absolute Gasteiger partial charge is 0.410 e. The van der Waals surface area contributed by atoms with E-state index < -0.39 is 23.7 Å². The van der Waals surface area contributed by atoms with Crippen LogP contribution in [0.4, 0.5) is 13.6 Å². The summed E-state index contributed by atoms with van der Waals surface area (Å²) >= 11 is 3.52. The van der Waals surface area contributed by atoms with E-state index in [0.717, 1.165) is 15.6 Å². The van der Waals surface area contributed by atoms with Gasteiger partial charge >= 0.3 is 6.09 Å². The van der Waals surface area contributed by atoms with Gasteiger partial charge in [-0.15, -0.1) is 0 Å². The van der Waals surface area contributed by atoms with Crippen LogP contribution in [0.2, 0.25) is 0 Å². The molecule has 4 nitrogen and oxygen atoms in total. The van der Waals surface area contributed by atoms with E-state index in [2.05, 4.69) is 15.9 Å². The first-order valence-electron chi connectivity index (χ1n) is 9.85. The van der Waals surface area contributed by atoms with Gasteiger partial charge in [0.25, 0.3) is 5.92 Å². The van der Waals surface area contributed by atoms with Crippen LogP contribution in [0.5, 0.6) is 5.75 Å². The maximum Gasteiger partial charge on any atom is 0.410 e. The van der Waals surface area contributed by atoms with E-state index in [0.29, 0.717) is 12.4 Å². The van der Waals surface area contributed by atoms with Crippen molar-refractivity contribution in [3.05, 3.63) is 64.1 Å². The fourth-order valence-corrected chi connectivity index (χ4v) is 3.67. The Morgan fingerprint density at radius 1 is 1.17 bits per heavy atom. The second-order valence-electron chi connectivity index (χ2n) is 8.55. The summed E-state index contributed by atoms with van der Waals surface area (Å²) in [6.07, 6.45) is -1.27. The zero-order valence-electron chi connectivity index (χ0n) is 17.3. The molecule has 30 heavy (non-hydrogen) atoms. The number of carbonyl (C=O) groups is 1. The summed E-state index contributed by atoms with van der Waals surface area (Å²) in [6, 6.07) is 14.7. The summed E-state index contributed by atoms with van der Waals surface area (Å²) in [5.41, 5.74) is 1.15. The summed E-state index contributed by atoms with van der Waals surface area (Å²) in [7, 11) is 0. The predicted molar refractivity (Wildman–Crippen MR) is 115 cm³/mol. The van der Waals surface area contributed by atoms with E-state index in [9.17, 15) is 13.6 Å². The first kappa shape index (κ1) is 22.5. The number of benzene rings is 2. The molecule has 0 heterocycles. The van der Waals surface area contributed by atoms with Crippen molar-refractivity contribution in [1.29, 1.82) is 0 Å². The van der Waals surface area contributed by atoms with Crippen molar-refractivity contribution >= 4 is 22.0 Å². The molecule has 2 aromatic rings. The highest BCUT2D eigenvalue weighted by atomic mass is 79.9. The maximum atomic E-state index is 13.4. The van der Waals surface area contributed by atoms with Crippen LogP contribution in [-0.2, 0) is 17.9 Å². The molecular formula is C23H26BrF2NO3. The van der Waals surface area contributed by atoms with Crippen molar-refractivity contribution in [1.82, 2.24) is 4.90 Å². The second kappa shape index (κ2) is 8.92. The normalized spacial score (nSPS) is 15.9. The highest BCUT2D eigenvalue weighted by Crippen LogP contribution is 2.41. The van der Waals surface area contributed by atoms with E-state index >= 15 is 0 Å². The predicted octanol–water partition coefficient (Wildman–Crippen LogP) is 6.56. The van der Waals surface area contributed by atoms with E-state index in [1.807, 2.05) is 48.5 Å². The van der Waals surface area contributed by atoms with E-state index in [-0.39, 0.29) is 19.4 Å². The number of carbonyl (C=O) groups excluding carboxylic acids is 1. The molecule has 1 aliphatic rings. The van der Waals surface area contributed by atoms with E-state index in [4.69, 9.17) is 9.47 Å². The quantitative estimate of drug-likeness (QED) is 0.468. The van der Waals surface area contributed by atoms with Gasteiger partial charge in [0.05, 0.1) is 6.54 Å². The summed E-state index contributed by atoms with van der Waals surface area (Å²) in [4.78, 5) is 14.1. The molecule has 0 bridgehead atoms. The highest BCUT2D eigenvalue weighted by Gasteiger charge is 2.49. The van der Waals surface area contributed by atoms with Gasteiger partial charge in [-0.05, 0) is 44.0 Å². The number of hydrogen-bond donors (Lipinski definition) is 0. The molecule has 0 saturated heterocycles. The Balaban J connectivity index is 1.69. The van der Waals surface area contributed by atoms with Gasteiger partial charge < -0.3 is 14.4 Å². The third-order valence-corrected chi connectivity index (χ3v) is 5.49. The Bertz CT molecular complexity index is 876. The molecule has 0 N–H and O–H groups in total. The SMILES string of the molecule is CC(C)(C)OC(=O)N(Cc1ccc(OCc2ccccc2)cc1Br)C1CC(F)(F)C1. The van der Waals surface area contributed by atoms with Crippen LogP contribution >= 0.6 is 15.9 Å². The molecule has 1 aliphatic carbocycles. The number of nitrogens with zero attached hydrogens (tertiary/aromatic N) is 1. The molecule has 162 valence electrons. The van der Waals surface area contributed by atoms with Crippen LogP contribution in [0.25, 0.3) is 0 Å². The summed E-state index contributed by atoms with van der Waals surface area (Å²) < 4.78 is 38.9. The van der Waals surface area contributed by atoms with Crippen LogP contribution in [0.1, 0.15) is 44.7 Å². The first-order valence-corrected chi connectivity index (χ1v) is 10.6. The van der Waals surface area contributed by atoms with Crippen LogP contribution in [0.15, 0.2) is 53.0 Å². The van der Waals surface area contributed by atoms with Crippen molar-refractivity contribution in [2.24, 2.45) is 0 Å². The maximum absolute atomic E-state index is 13.4. The molecule has 1 saturated carbocycles. The monoisotopic (exact) mass is 481 g/mol. The minimum absolute atomic E-state index is 0.176. The van der Waals surface area contributed by atoms with Gasteiger partial charge in [0.2, 0.25) is 0 Å². The third kappa shape index (κ3) is 6.17. The number of ether oxygens (including phenoxy) is 2. The molecule has 1 amide bonds. The molecule has 0 spiro atoms. The third-order valence-electron chi connectivity index (χ3n) is 4.75. The molecule has 1 fully saturated rings. The average molecular weight is 482 g/mol. The zero-order valence-corrected chi connectivity index (χ0v) is 18.9. The van der Waals surface area contributed by atoms with Gasteiger partial charge in [0.1, 0.15) is 18.0 Å². The van der Waals surface area contributed by atoms with Crippen molar-refractivity contribution in [2.45, 2.75) is 64.3 Å². The Hall–Kier alpha value is -2.15. The van der Waals surface area contributed by atoms with Crippen LogP contribution in [0, 0.1) is 0 Å². The second-order valence-corrected chi connectivity index (χ2v) is 9.41. The molecule has 0 aliphatic heterocycles. The average Bonchev–Trinajstić information content (AvgIpc) is 2.63. The lowest BCUT2D eigenvalue weighted by molar-refractivity contribution is -0.124.